The summed E-state index contributed by atoms with van der Waals surface area (Å²) in [4.78, 5) is 20.6. The number of hydrogen-bond donors (Lipinski definition) is 2. The molecule has 26 heavy (non-hydrogen) atoms. The normalized spacial score (nSPS) is 13.2. The Morgan fingerprint density at radius 1 is 1.27 bits per heavy atom. The Bertz CT molecular complexity index is 922. The van der Waals surface area contributed by atoms with Crippen molar-refractivity contribution in [3.05, 3.63) is 40.8 Å². The molecule has 0 amide bonds. The van der Waals surface area contributed by atoms with Gasteiger partial charge < -0.3 is 10.7 Å². The molecule has 3 heterocycles. The molecular weight excluding hydrogens is 326 g/mol. The van der Waals surface area contributed by atoms with Crippen molar-refractivity contribution in [2.45, 2.75) is 59.3 Å². The molecule has 0 fully saturated rings. The van der Waals surface area contributed by atoms with Gasteiger partial charge >= 0.3 is 0 Å². The summed E-state index contributed by atoms with van der Waals surface area (Å²) in [7, 11) is 0. The van der Waals surface area contributed by atoms with Crippen LogP contribution in [0.25, 0.3) is 11.0 Å². The molecule has 0 aromatic carbocycles. The number of aryl methyl sites for hydroxylation is 1. The third-order valence-corrected chi connectivity index (χ3v) is 4.60. The van der Waals surface area contributed by atoms with Crippen molar-refractivity contribution in [3.8, 4) is 0 Å². The van der Waals surface area contributed by atoms with Crippen LogP contribution in [0, 0.1) is 0 Å². The van der Waals surface area contributed by atoms with Crippen LogP contribution >= 0.6 is 0 Å². The lowest BCUT2D eigenvalue weighted by molar-refractivity contribution is 0.0943. The number of carbonyl (C=O) groups is 1. The number of aromatic amines is 1. The van der Waals surface area contributed by atoms with Gasteiger partial charge in [0.1, 0.15) is 11.5 Å². The molecule has 1 aliphatic rings. The van der Waals surface area contributed by atoms with E-state index in [1.807, 2.05) is 6.07 Å². The highest BCUT2D eigenvalue weighted by molar-refractivity contribution is 6.06. The first-order valence-corrected chi connectivity index (χ1v) is 9.48. The van der Waals surface area contributed by atoms with Crippen LogP contribution in [0.2, 0.25) is 0 Å². The predicted molar refractivity (Wildman–Crippen MR) is 104 cm³/mol. The van der Waals surface area contributed by atoms with Gasteiger partial charge in [-0.2, -0.15) is 4.68 Å². The zero-order valence-corrected chi connectivity index (χ0v) is 15.8. The second-order valence-corrected chi connectivity index (χ2v) is 6.71. The number of pyridine rings is 1. The van der Waals surface area contributed by atoms with Gasteiger partial charge in [-0.25, -0.2) is 4.98 Å². The van der Waals surface area contributed by atoms with Crippen LogP contribution in [0.1, 0.15) is 67.3 Å². The number of nitrogens with two attached hydrogens (primary N) is 1. The van der Waals surface area contributed by atoms with E-state index in [9.17, 15) is 4.79 Å². The quantitative estimate of drug-likeness (QED) is 0.731. The van der Waals surface area contributed by atoms with Gasteiger partial charge in [0.2, 0.25) is 0 Å². The van der Waals surface area contributed by atoms with Crippen LogP contribution in [0.4, 0.5) is 5.82 Å². The van der Waals surface area contributed by atoms with E-state index in [-0.39, 0.29) is 5.91 Å². The summed E-state index contributed by atoms with van der Waals surface area (Å²) in [5.74, 6) is 0.357. The monoisotopic (exact) mass is 353 g/mol. The van der Waals surface area contributed by atoms with Crippen molar-refractivity contribution in [1.82, 2.24) is 19.7 Å². The summed E-state index contributed by atoms with van der Waals surface area (Å²) in [6.07, 6.45) is 7.71. The van der Waals surface area contributed by atoms with E-state index >= 15 is 0 Å². The van der Waals surface area contributed by atoms with Crippen LogP contribution in [-0.2, 0) is 19.3 Å². The van der Waals surface area contributed by atoms with Crippen molar-refractivity contribution < 1.29 is 4.79 Å². The van der Waals surface area contributed by atoms with Crippen LogP contribution in [-0.4, -0.2) is 25.7 Å². The van der Waals surface area contributed by atoms with Crippen molar-refractivity contribution in [1.29, 1.82) is 0 Å². The average molecular weight is 353 g/mol. The Labute approximate surface area is 153 Å². The second-order valence-electron chi connectivity index (χ2n) is 6.71. The Morgan fingerprint density at radius 2 is 2.00 bits per heavy atom. The van der Waals surface area contributed by atoms with Crippen LogP contribution in [0.3, 0.4) is 0 Å². The van der Waals surface area contributed by atoms with Gasteiger partial charge in [0.25, 0.3) is 5.91 Å². The lowest BCUT2D eigenvalue weighted by Gasteiger charge is -2.13. The molecule has 6 heteroatoms. The van der Waals surface area contributed by atoms with Crippen molar-refractivity contribution in [2.75, 3.05) is 5.73 Å². The van der Waals surface area contributed by atoms with Crippen molar-refractivity contribution >= 4 is 22.8 Å². The summed E-state index contributed by atoms with van der Waals surface area (Å²) in [5.41, 5.74) is 10.4. The summed E-state index contributed by atoms with van der Waals surface area (Å²) < 4.78 is 1.50. The standard InChI is InChI=1S/C17H19N5O.C3H8/c1-2-10-9-13-11(7-8-19-16(13)20-10)17(23)22-14-6-4-3-5-12(14)15(18)21-22;1-3-2/h7-9H,2-6H2,1H3,(H2,18,21)(H,19,20);3H2,1-2H3. The molecule has 4 rings (SSSR count). The molecule has 0 radical (unpaired) electrons. The number of aromatic nitrogens is 4. The number of nitrogens with one attached hydrogen (secondary N) is 1. The molecule has 3 aromatic rings. The van der Waals surface area contributed by atoms with Crippen molar-refractivity contribution in [2.24, 2.45) is 0 Å². The van der Waals surface area contributed by atoms with Gasteiger partial charge in [0, 0.05) is 22.8 Å². The zero-order chi connectivity index (χ0) is 18.7. The number of rotatable bonds is 2. The van der Waals surface area contributed by atoms with Crippen LogP contribution in [0.5, 0.6) is 0 Å². The van der Waals surface area contributed by atoms with Gasteiger partial charge in [-0.05, 0) is 44.2 Å². The first kappa shape index (κ1) is 18.2. The molecule has 0 atom stereocenters. The lowest BCUT2D eigenvalue weighted by Crippen LogP contribution is -2.18. The highest BCUT2D eigenvalue weighted by Crippen LogP contribution is 2.27. The number of H-pyrrole nitrogens is 1. The van der Waals surface area contributed by atoms with Gasteiger partial charge in [-0.3, -0.25) is 4.79 Å². The highest BCUT2D eigenvalue weighted by atomic mass is 16.2. The molecule has 0 saturated carbocycles. The summed E-state index contributed by atoms with van der Waals surface area (Å²) in [5, 5.41) is 5.16. The molecule has 3 N–H and O–H groups in total. The van der Waals surface area contributed by atoms with E-state index in [1.165, 1.54) is 11.1 Å². The zero-order valence-electron chi connectivity index (χ0n) is 15.8. The predicted octanol–water partition coefficient (Wildman–Crippen LogP) is 3.89. The fourth-order valence-electron chi connectivity index (χ4n) is 3.37. The molecule has 0 saturated heterocycles. The Kier molecular flexibility index (Phi) is 5.40. The van der Waals surface area contributed by atoms with Crippen molar-refractivity contribution in [3.63, 3.8) is 0 Å². The highest BCUT2D eigenvalue weighted by Gasteiger charge is 2.24. The van der Waals surface area contributed by atoms with Gasteiger partial charge in [0.05, 0.1) is 11.3 Å². The second kappa shape index (κ2) is 7.72. The van der Waals surface area contributed by atoms with E-state index < -0.39 is 0 Å². The van der Waals surface area contributed by atoms with E-state index in [2.05, 4.69) is 35.8 Å². The third-order valence-electron chi connectivity index (χ3n) is 4.60. The molecule has 0 unspecified atom stereocenters. The molecule has 0 bridgehead atoms. The maximum absolute atomic E-state index is 13.0. The van der Waals surface area contributed by atoms with Gasteiger partial charge in [-0.15, -0.1) is 5.10 Å². The van der Waals surface area contributed by atoms with Gasteiger partial charge in [0.15, 0.2) is 0 Å². The summed E-state index contributed by atoms with van der Waals surface area (Å²) in [6.45, 7) is 6.32. The van der Waals surface area contributed by atoms with E-state index in [0.29, 0.717) is 11.4 Å². The molecule has 138 valence electrons. The first-order valence-electron chi connectivity index (χ1n) is 9.48. The molecule has 3 aromatic heterocycles. The minimum atomic E-state index is -0.131. The van der Waals surface area contributed by atoms with Gasteiger partial charge in [-0.1, -0.05) is 27.2 Å². The summed E-state index contributed by atoms with van der Waals surface area (Å²) in [6, 6.07) is 3.75. The number of nitrogens with zero attached hydrogens (tertiary/aromatic N) is 3. The smallest absolute Gasteiger partial charge is 0.279 e. The largest absolute Gasteiger partial charge is 0.382 e. The molecule has 1 aliphatic carbocycles. The Balaban J connectivity index is 0.000000613. The SMILES string of the molecule is CCC.CCc1cc2c(C(=O)n3nc(N)c4c3CCCC4)ccnc2[nH]1. The maximum Gasteiger partial charge on any atom is 0.279 e. The number of carbonyl (C=O) groups excluding carboxylic acids is 1. The Morgan fingerprint density at radius 3 is 2.73 bits per heavy atom. The fourth-order valence-corrected chi connectivity index (χ4v) is 3.37. The van der Waals surface area contributed by atoms with E-state index in [1.54, 1.807) is 12.3 Å². The van der Waals surface area contributed by atoms with E-state index in [0.717, 1.165) is 60.1 Å². The number of nitrogen functional groups attached to an aromatic ring is 1. The minimum Gasteiger partial charge on any atom is -0.382 e. The van der Waals surface area contributed by atoms with Crippen LogP contribution < -0.4 is 5.73 Å². The molecular formula is C20H27N5O. The maximum atomic E-state index is 13.0. The lowest BCUT2D eigenvalue weighted by atomic mass is 9.97. The van der Waals surface area contributed by atoms with E-state index in [4.69, 9.17) is 5.73 Å². The Hall–Kier alpha value is -2.63. The molecule has 0 spiro atoms. The third kappa shape index (κ3) is 3.23. The molecule has 0 aliphatic heterocycles. The topological polar surface area (TPSA) is 89.6 Å². The number of fused-ring (bicyclic) bond motifs is 2. The number of anilines is 1. The minimum absolute atomic E-state index is 0.131. The number of hydrogen-bond acceptors (Lipinski definition) is 4. The first-order chi connectivity index (χ1) is 12.6. The van der Waals surface area contributed by atoms with Crippen LogP contribution in [0.15, 0.2) is 18.3 Å². The fraction of sp³-hybridized carbons (Fsp3) is 0.450. The molecule has 6 nitrogen and oxygen atoms in total. The summed E-state index contributed by atoms with van der Waals surface area (Å²) >= 11 is 0. The average Bonchev–Trinajstić information content (AvgIpc) is 3.23.